The quantitative estimate of drug-likeness (QED) is 0.807. The third-order valence-corrected chi connectivity index (χ3v) is 3.33. The average Bonchev–Trinajstić information content (AvgIpc) is 3.06. The van der Waals surface area contributed by atoms with E-state index in [1.165, 1.54) is 0 Å². The van der Waals surface area contributed by atoms with E-state index in [0.717, 1.165) is 5.39 Å². The van der Waals surface area contributed by atoms with Gasteiger partial charge in [0.15, 0.2) is 5.58 Å². The van der Waals surface area contributed by atoms with E-state index in [-0.39, 0.29) is 17.9 Å². The number of aromatic nitrogens is 3. The monoisotopic (exact) mass is 298 g/mol. The van der Waals surface area contributed by atoms with Crippen LogP contribution in [0.5, 0.6) is 0 Å². The van der Waals surface area contributed by atoms with Crippen LogP contribution in [0, 0.1) is 0 Å². The number of carbonyl (C=O) groups is 1. The lowest BCUT2D eigenvalue weighted by atomic mass is 10.1. The van der Waals surface area contributed by atoms with Gasteiger partial charge < -0.3 is 9.84 Å². The summed E-state index contributed by atoms with van der Waals surface area (Å²) >= 11 is 0. The molecule has 0 saturated heterocycles. The minimum Gasteiger partial charge on any atom is -0.356 e. The van der Waals surface area contributed by atoms with Gasteiger partial charge in [0, 0.05) is 11.6 Å². The third kappa shape index (κ3) is 2.86. The molecule has 0 radical (unpaired) electrons. The van der Waals surface area contributed by atoms with Crippen molar-refractivity contribution < 1.29 is 9.32 Å². The molecule has 0 aliphatic rings. The molecule has 6 nitrogen and oxygen atoms in total. The van der Waals surface area contributed by atoms with E-state index in [1.54, 1.807) is 6.20 Å². The van der Waals surface area contributed by atoms with Crippen LogP contribution < -0.4 is 5.32 Å². The van der Waals surface area contributed by atoms with Gasteiger partial charge in [-0.05, 0) is 32.9 Å². The van der Waals surface area contributed by atoms with Gasteiger partial charge >= 0.3 is 0 Å². The molecule has 0 aliphatic heterocycles. The predicted molar refractivity (Wildman–Crippen MR) is 83.6 cm³/mol. The lowest BCUT2D eigenvalue weighted by molar-refractivity contribution is -0.115. The summed E-state index contributed by atoms with van der Waals surface area (Å²) in [4.78, 5) is 12.2. The summed E-state index contributed by atoms with van der Waals surface area (Å²) in [6.07, 6.45) is 3.63. The van der Waals surface area contributed by atoms with Crippen LogP contribution in [0.25, 0.3) is 11.0 Å². The standard InChI is InChI=1S/C16H18N4O2/c1-16(2,3)20-10-11(9-17-20)18-15(21)8-13-12-6-4-5-7-14(12)22-19-13/h4-7,9-10H,8H2,1-3H3,(H,18,21). The molecule has 0 saturated carbocycles. The lowest BCUT2D eigenvalue weighted by Gasteiger charge is -2.18. The van der Waals surface area contributed by atoms with E-state index < -0.39 is 0 Å². The molecule has 0 unspecified atom stereocenters. The van der Waals surface area contributed by atoms with Gasteiger partial charge in [-0.2, -0.15) is 5.10 Å². The zero-order valence-electron chi connectivity index (χ0n) is 12.8. The lowest BCUT2D eigenvalue weighted by Crippen LogP contribution is -2.22. The minimum atomic E-state index is -0.146. The molecule has 0 spiro atoms. The minimum absolute atomic E-state index is 0.120. The largest absolute Gasteiger partial charge is 0.356 e. The first kappa shape index (κ1) is 14.3. The molecule has 1 N–H and O–H groups in total. The highest BCUT2D eigenvalue weighted by Crippen LogP contribution is 2.19. The number of hydrogen-bond donors (Lipinski definition) is 1. The summed E-state index contributed by atoms with van der Waals surface area (Å²) in [5.41, 5.74) is 1.88. The van der Waals surface area contributed by atoms with Crippen molar-refractivity contribution in [1.29, 1.82) is 0 Å². The molecule has 3 rings (SSSR count). The Kier molecular flexibility index (Phi) is 3.44. The Labute approximate surface area is 128 Å². The average molecular weight is 298 g/mol. The molecule has 114 valence electrons. The topological polar surface area (TPSA) is 73.0 Å². The summed E-state index contributed by atoms with van der Waals surface area (Å²) < 4.78 is 7.02. The number of carbonyl (C=O) groups excluding carboxylic acids is 1. The summed E-state index contributed by atoms with van der Waals surface area (Å²) in [5.74, 6) is -0.146. The first-order chi connectivity index (χ1) is 10.4. The Morgan fingerprint density at radius 1 is 1.32 bits per heavy atom. The van der Waals surface area contributed by atoms with Crippen molar-refractivity contribution >= 4 is 22.6 Å². The molecule has 0 atom stereocenters. The first-order valence-electron chi connectivity index (χ1n) is 7.12. The SMILES string of the molecule is CC(C)(C)n1cc(NC(=O)Cc2noc3ccccc23)cn1. The zero-order chi connectivity index (χ0) is 15.7. The van der Waals surface area contributed by atoms with Crippen molar-refractivity contribution in [3.63, 3.8) is 0 Å². The Hall–Kier alpha value is -2.63. The van der Waals surface area contributed by atoms with Gasteiger partial charge in [-0.15, -0.1) is 0 Å². The Bertz CT molecular complexity index is 811. The number of fused-ring (bicyclic) bond motifs is 1. The predicted octanol–water partition coefficient (Wildman–Crippen LogP) is 2.96. The van der Waals surface area contributed by atoms with Gasteiger partial charge in [0.2, 0.25) is 5.91 Å². The maximum absolute atomic E-state index is 12.2. The van der Waals surface area contributed by atoms with Gasteiger partial charge in [0.05, 0.1) is 23.8 Å². The van der Waals surface area contributed by atoms with E-state index in [1.807, 2.05) is 55.9 Å². The number of anilines is 1. The number of nitrogens with zero attached hydrogens (tertiary/aromatic N) is 3. The van der Waals surface area contributed by atoms with Gasteiger partial charge in [-0.1, -0.05) is 17.3 Å². The first-order valence-corrected chi connectivity index (χ1v) is 7.12. The van der Waals surface area contributed by atoms with Gasteiger partial charge in [-0.3, -0.25) is 9.48 Å². The van der Waals surface area contributed by atoms with Gasteiger partial charge in [0.1, 0.15) is 5.69 Å². The fourth-order valence-electron chi connectivity index (χ4n) is 2.18. The Morgan fingerprint density at radius 2 is 2.09 bits per heavy atom. The van der Waals surface area contributed by atoms with Crippen LogP contribution in [0.15, 0.2) is 41.2 Å². The van der Waals surface area contributed by atoms with Crippen LogP contribution in [0.4, 0.5) is 5.69 Å². The van der Waals surface area contributed by atoms with Crippen molar-refractivity contribution in [3.8, 4) is 0 Å². The van der Waals surface area contributed by atoms with Crippen LogP contribution >= 0.6 is 0 Å². The third-order valence-electron chi connectivity index (χ3n) is 3.33. The highest BCUT2D eigenvalue weighted by atomic mass is 16.5. The van der Waals surface area contributed by atoms with Crippen molar-refractivity contribution in [2.24, 2.45) is 0 Å². The molecular formula is C16H18N4O2. The normalized spacial score (nSPS) is 11.8. The number of rotatable bonds is 3. The van der Waals surface area contributed by atoms with Crippen LogP contribution in [0.2, 0.25) is 0 Å². The summed E-state index contributed by atoms with van der Waals surface area (Å²) in [6.45, 7) is 6.15. The second-order valence-electron chi connectivity index (χ2n) is 6.19. The van der Waals surface area contributed by atoms with Crippen molar-refractivity contribution in [2.45, 2.75) is 32.7 Å². The maximum atomic E-state index is 12.2. The number of amides is 1. The van der Waals surface area contributed by atoms with E-state index in [9.17, 15) is 4.79 Å². The van der Waals surface area contributed by atoms with Gasteiger partial charge in [-0.25, -0.2) is 0 Å². The molecule has 22 heavy (non-hydrogen) atoms. The van der Waals surface area contributed by atoms with Crippen LogP contribution in [0.1, 0.15) is 26.5 Å². The molecule has 0 aliphatic carbocycles. The summed E-state index contributed by atoms with van der Waals surface area (Å²) in [6, 6.07) is 7.50. The van der Waals surface area contributed by atoms with E-state index in [0.29, 0.717) is 17.0 Å². The van der Waals surface area contributed by atoms with Crippen molar-refractivity contribution in [2.75, 3.05) is 5.32 Å². The highest BCUT2D eigenvalue weighted by molar-refractivity contribution is 5.94. The van der Waals surface area contributed by atoms with E-state index in [2.05, 4.69) is 15.6 Å². The number of para-hydroxylation sites is 1. The second kappa shape index (κ2) is 5.29. The molecule has 1 aromatic carbocycles. The zero-order valence-corrected chi connectivity index (χ0v) is 12.8. The second-order valence-corrected chi connectivity index (χ2v) is 6.19. The smallest absolute Gasteiger partial charge is 0.230 e. The summed E-state index contributed by atoms with van der Waals surface area (Å²) in [7, 11) is 0. The Balaban J connectivity index is 1.71. The molecule has 0 bridgehead atoms. The summed E-state index contributed by atoms with van der Waals surface area (Å²) in [5, 5.41) is 11.9. The molecule has 2 heterocycles. The molecule has 3 aromatic rings. The number of nitrogens with one attached hydrogen (secondary N) is 1. The molecule has 0 fully saturated rings. The van der Waals surface area contributed by atoms with E-state index in [4.69, 9.17) is 4.52 Å². The molecule has 2 aromatic heterocycles. The van der Waals surface area contributed by atoms with Gasteiger partial charge in [0.25, 0.3) is 0 Å². The highest BCUT2D eigenvalue weighted by Gasteiger charge is 2.16. The number of benzene rings is 1. The number of hydrogen-bond acceptors (Lipinski definition) is 4. The van der Waals surface area contributed by atoms with Crippen molar-refractivity contribution in [3.05, 3.63) is 42.4 Å². The Morgan fingerprint density at radius 3 is 2.82 bits per heavy atom. The molecule has 1 amide bonds. The van der Waals surface area contributed by atoms with Crippen molar-refractivity contribution in [1.82, 2.24) is 14.9 Å². The molecular weight excluding hydrogens is 280 g/mol. The maximum Gasteiger partial charge on any atom is 0.230 e. The fourth-order valence-corrected chi connectivity index (χ4v) is 2.18. The van der Waals surface area contributed by atoms with Crippen LogP contribution in [-0.4, -0.2) is 20.8 Å². The molecule has 6 heteroatoms. The fraction of sp³-hybridized carbons (Fsp3) is 0.312. The van der Waals surface area contributed by atoms with Crippen LogP contribution in [0.3, 0.4) is 0 Å². The van der Waals surface area contributed by atoms with E-state index >= 15 is 0 Å². The van der Waals surface area contributed by atoms with Crippen LogP contribution in [-0.2, 0) is 16.8 Å².